The SMILES string of the molecule is Cc1ccc(C)c(C(c2cccc(F)c2)N2CCCNCC2)c1. The molecule has 1 fully saturated rings. The number of nitrogens with zero attached hydrogens (tertiary/aromatic N) is 1. The van der Waals surface area contributed by atoms with Gasteiger partial charge >= 0.3 is 0 Å². The molecule has 2 aromatic carbocycles. The Labute approximate surface area is 138 Å². The maximum Gasteiger partial charge on any atom is 0.123 e. The molecule has 0 bridgehead atoms. The summed E-state index contributed by atoms with van der Waals surface area (Å²) < 4.78 is 13.8. The molecule has 0 radical (unpaired) electrons. The number of hydrogen-bond donors (Lipinski definition) is 1. The van der Waals surface area contributed by atoms with Crippen molar-refractivity contribution in [2.75, 3.05) is 26.2 Å². The van der Waals surface area contributed by atoms with Crippen molar-refractivity contribution in [1.82, 2.24) is 10.2 Å². The molecule has 3 rings (SSSR count). The largest absolute Gasteiger partial charge is 0.315 e. The van der Waals surface area contributed by atoms with Crippen molar-refractivity contribution in [1.29, 1.82) is 0 Å². The van der Waals surface area contributed by atoms with Crippen LogP contribution in [0.3, 0.4) is 0 Å². The van der Waals surface area contributed by atoms with E-state index >= 15 is 0 Å². The summed E-state index contributed by atoms with van der Waals surface area (Å²) in [6.07, 6.45) is 1.12. The van der Waals surface area contributed by atoms with Gasteiger partial charge in [-0.25, -0.2) is 4.39 Å². The Morgan fingerprint density at radius 1 is 1.04 bits per heavy atom. The minimum Gasteiger partial charge on any atom is -0.315 e. The summed E-state index contributed by atoms with van der Waals surface area (Å²) in [7, 11) is 0. The number of benzene rings is 2. The maximum atomic E-state index is 13.8. The number of halogens is 1. The predicted octanol–water partition coefficient (Wildman–Crippen LogP) is 3.83. The van der Waals surface area contributed by atoms with Gasteiger partial charge in [0, 0.05) is 19.6 Å². The zero-order chi connectivity index (χ0) is 16.2. The molecular weight excluding hydrogens is 287 g/mol. The van der Waals surface area contributed by atoms with Crippen molar-refractivity contribution < 1.29 is 4.39 Å². The first-order chi connectivity index (χ1) is 11.1. The molecule has 2 aromatic rings. The van der Waals surface area contributed by atoms with Gasteiger partial charge in [0.1, 0.15) is 5.82 Å². The molecule has 1 saturated heterocycles. The average Bonchev–Trinajstić information content (AvgIpc) is 2.80. The second kappa shape index (κ2) is 7.24. The minimum atomic E-state index is -0.161. The average molecular weight is 312 g/mol. The molecular formula is C20H25FN2. The molecule has 1 aliphatic rings. The molecule has 0 amide bonds. The van der Waals surface area contributed by atoms with Crippen LogP contribution in [0.5, 0.6) is 0 Å². The van der Waals surface area contributed by atoms with Crippen molar-refractivity contribution in [2.45, 2.75) is 26.3 Å². The second-order valence-electron chi connectivity index (χ2n) is 6.46. The standard InChI is InChI=1S/C20H25FN2/c1-15-7-8-16(2)19(13-15)20(17-5-3-6-18(21)14-17)23-11-4-9-22-10-12-23/h3,5-8,13-14,20,22H,4,9-12H2,1-2H3. The van der Waals surface area contributed by atoms with Crippen molar-refractivity contribution in [3.05, 3.63) is 70.5 Å². The van der Waals surface area contributed by atoms with Gasteiger partial charge in [0.05, 0.1) is 6.04 Å². The van der Waals surface area contributed by atoms with Gasteiger partial charge in [-0.3, -0.25) is 4.90 Å². The molecule has 3 heteroatoms. The van der Waals surface area contributed by atoms with Crippen LogP contribution in [0.25, 0.3) is 0 Å². The third-order valence-electron chi connectivity index (χ3n) is 4.63. The maximum absolute atomic E-state index is 13.8. The van der Waals surface area contributed by atoms with Crippen LogP contribution in [0, 0.1) is 19.7 Å². The Hall–Kier alpha value is -1.71. The van der Waals surface area contributed by atoms with Crippen LogP contribution in [0.1, 0.15) is 34.7 Å². The molecule has 1 unspecified atom stereocenters. The molecule has 0 aliphatic carbocycles. The summed E-state index contributed by atoms with van der Waals surface area (Å²) >= 11 is 0. The smallest absolute Gasteiger partial charge is 0.123 e. The van der Waals surface area contributed by atoms with Crippen LogP contribution in [0.15, 0.2) is 42.5 Å². The van der Waals surface area contributed by atoms with E-state index in [2.05, 4.69) is 42.3 Å². The fraction of sp³-hybridized carbons (Fsp3) is 0.400. The summed E-state index contributed by atoms with van der Waals surface area (Å²) in [6, 6.07) is 13.8. The Bertz CT molecular complexity index is 660. The number of rotatable bonds is 3. The lowest BCUT2D eigenvalue weighted by Crippen LogP contribution is -2.33. The van der Waals surface area contributed by atoms with Crippen molar-refractivity contribution >= 4 is 0 Å². The molecule has 1 aliphatic heterocycles. The van der Waals surface area contributed by atoms with E-state index in [0.29, 0.717) is 0 Å². The summed E-state index contributed by atoms with van der Waals surface area (Å²) in [5, 5.41) is 3.46. The van der Waals surface area contributed by atoms with Crippen LogP contribution >= 0.6 is 0 Å². The quantitative estimate of drug-likeness (QED) is 0.926. The van der Waals surface area contributed by atoms with Gasteiger partial charge in [-0.15, -0.1) is 0 Å². The van der Waals surface area contributed by atoms with E-state index in [1.165, 1.54) is 22.8 Å². The van der Waals surface area contributed by atoms with Gasteiger partial charge in [-0.2, -0.15) is 0 Å². The first kappa shape index (κ1) is 16.2. The monoisotopic (exact) mass is 312 g/mol. The minimum absolute atomic E-state index is 0.116. The van der Waals surface area contributed by atoms with Gasteiger partial charge in [0.25, 0.3) is 0 Å². The van der Waals surface area contributed by atoms with Gasteiger partial charge in [-0.05, 0) is 55.6 Å². The number of hydrogen-bond acceptors (Lipinski definition) is 2. The molecule has 1 atom stereocenters. The third kappa shape index (κ3) is 3.80. The Balaban J connectivity index is 2.07. The molecule has 1 N–H and O–H groups in total. The van der Waals surface area contributed by atoms with Crippen molar-refractivity contribution in [3.8, 4) is 0 Å². The van der Waals surface area contributed by atoms with Crippen molar-refractivity contribution in [2.24, 2.45) is 0 Å². The molecule has 0 spiro atoms. The Morgan fingerprint density at radius 2 is 1.91 bits per heavy atom. The molecule has 0 aromatic heterocycles. The van der Waals surface area contributed by atoms with Gasteiger partial charge in [-0.1, -0.05) is 35.9 Å². The highest BCUT2D eigenvalue weighted by molar-refractivity contribution is 5.39. The van der Waals surface area contributed by atoms with E-state index in [1.807, 2.05) is 12.1 Å². The highest BCUT2D eigenvalue weighted by atomic mass is 19.1. The summed E-state index contributed by atoms with van der Waals surface area (Å²) in [5.74, 6) is -0.161. The number of aryl methyl sites for hydroxylation is 2. The third-order valence-corrected chi connectivity index (χ3v) is 4.63. The highest BCUT2D eigenvalue weighted by Gasteiger charge is 2.24. The van der Waals surface area contributed by atoms with E-state index in [0.717, 1.165) is 38.2 Å². The highest BCUT2D eigenvalue weighted by Crippen LogP contribution is 2.32. The van der Waals surface area contributed by atoms with Gasteiger partial charge < -0.3 is 5.32 Å². The van der Waals surface area contributed by atoms with Crippen LogP contribution in [-0.2, 0) is 0 Å². The summed E-state index contributed by atoms with van der Waals surface area (Å²) in [4.78, 5) is 2.48. The van der Waals surface area contributed by atoms with Crippen LogP contribution in [0.2, 0.25) is 0 Å². The first-order valence-corrected chi connectivity index (χ1v) is 8.42. The second-order valence-corrected chi connectivity index (χ2v) is 6.46. The van der Waals surface area contributed by atoms with E-state index in [9.17, 15) is 4.39 Å². The van der Waals surface area contributed by atoms with Gasteiger partial charge in [0.2, 0.25) is 0 Å². The first-order valence-electron chi connectivity index (χ1n) is 8.42. The van der Waals surface area contributed by atoms with Gasteiger partial charge in [0.15, 0.2) is 0 Å². The van der Waals surface area contributed by atoms with E-state index < -0.39 is 0 Å². The van der Waals surface area contributed by atoms with Crippen molar-refractivity contribution in [3.63, 3.8) is 0 Å². The molecule has 0 saturated carbocycles. The summed E-state index contributed by atoms with van der Waals surface area (Å²) in [5.41, 5.74) is 4.85. The molecule has 1 heterocycles. The molecule has 2 nitrogen and oxygen atoms in total. The van der Waals surface area contributed by atoms with Crippen LogP contribution < -0.4 is 5.32 Å². The van der Waals surface area contributed by atoms with E-state index in [4.69, 9.17) is 0 Å². The van der Waals surface area contributed by atoms with Crippen LogP contribution in [0.4, 0.5) is 4.39 Å². The lowest BCUT2D eigenvalue weighted by atomic mass is 9.92. The van der Waals surface area contributed by atoms with E-state index in [-0.39, 0.29) is 11.9 Å². The molecule has 122 valence electrons. The lowest BCUT2D eigenvalue weighted by Gasteiger charge is -2.32. The fourth-order valence-electron chi connectivity index (χ4n) is 3.44. The molecule has 23 heavy (non-hydrogen) atoms. The summed E-state index contributed by atoms with van der Waals surface area (Å²) in [6.45, 7) is 8.32. The predicted molar refractivity (Wildman–Crippen MR) is 93.2 cm³/mol. The fourth-order valence-corrected chi connectivity index (χ4v) is 3.44. The Morgan fingerprint density at radius 3 is 2.74 bits per heavy atom. The lowest BCUT2D eigenvalue weighted by molar-refractivity contribution is 0.240. The normalized spacial score (nSPS) is 17.7. The van der Waals surface area contributed by atoms with Crippen LogP contribution in [-0.4, -0.2) is 31.1 Å². The Kier molecular flexibility index (Phi) is 5.09. The topological polar surface area (TPSA) is 15.3 Å². The zero-order valence-electron chi connectivity index (χ0n) is 14.0. The number of nitrogens with one attached hydrogen (secondary N) is 1. The zero-order valence-corrected chi connectivity index (χ0v) is 14.0. The van der Waals surface area contributed by atoms with E-state index in [1.54, 1.807) is 6.07 Å².